The summed E-state index contributed by atoms with van der Waals surface area (Å²) in [6, 6.07) is 18.8. The van der Waals surface area contributed by atoms with Gasteiger partial charge in [-0.15, -0.1) is 0 Å². The van der Waals surface area contributed by atoms with Crippen molar-refractivity contribution in [2.45, 2.75) is 46.7 Å². The molecule has 6 nitrogen and oxygen atoms in total. The second kappa shape index (κ2) is 11.9. The largest absolute Gasteiger partial charge is 0.339 e. The molecular formula is C29H37N5O. The Bertz CT molecular complexity index is 1100. The number of benzene rings is 2. The lowest BCUT2D eigenvalue weighted by Gasteiger charge is -2.28. The van der Waals surface area contributed by atoms with Gasteiger partial charge in [0.2, 0.25) is 11.9 Å². The molecule has 1 aromatic heterocycles. The van der Waals surface area contributed by atoms with Gasteiger partial charge in [-0.2, -0.15) is 0 Å². The third-order valence-corrected chi connectivity index (χ3v) is 6.55. The molecule has 0 saturated carbocycles. The second-order valence-corrected chi connectivity index (χ2v) is 9.80. The van der Waals surface area contributed by atoms with Crippen LogP contribution >= 0.6 is 0 Å². The highest BCUT2D eigenvalue weighted by Gasteiger charge is 2.23. The third kappa shape index (κ3) is 6.67. The number of hydrogen-bond acceptors (Lipinski definition) is 5. The van der Waals surface area contributed by atoms with Crippen molar-refractivity contribution < 1.29 is 4.79 Å². The standard InChI is InChI=1S/C29H37N5O/c1-23(2)20-28(35)34-17-9-16-33(29-30-14-8-15-31-29)19-18-32(21-25-11-5-4-10-24(25)3)22-26-12-6-7-13-27(26)34/h4-8,10-15,23H,9,16-22H2,1-3H3. The number of hydrogen-bond donors (Lipinski definition) is 0. The predicted molar refractivity (Wildman–Crippen MR) is 142 cm³/mol. The molecule has 0 N–H and O–H groups in total. The Morgan fingerprint density at radius 2 is 1.66 bits per heavy atom. The topological polar surface area (TPSA) is 52.6 Å². The Kier molecular flexibility index (Phi) is 8.48. The number of amides is 1. The van der Waals surface area contributed by atoms with Crippen molar-refractivity contribution in [3.63, 3.8) is 0 Å². The van der Waals surface area contributed by atoms with Crippen LogP contribution in [-0.4, -0.2) is 47.0 Å². The number of para-hydroxylation sites is 1. The first-order valence-corrected chi connectivity index (χ1v) is 12.7. The molecule has 2 aromatic carbocycles. The number of carbonyl (C=O) groups excluding carboxylic acids is 1. The van der Waals surface area contributed by atoms with Crippen LogP contribution in [-0.2, 0) is 17.9 Å². The lowest BCUT2D eigenvalue weighted by molar-refractivity contribution is -0.119. The molecule has 0 spiro atoms. The zero-order valence-electron chi connectivity index (χ0n) is 21.2. The van der Waals surface area contributed by atoms with Gasteiger partial charge in [-0.3, -0.25) is 9.69 Å². The quantitative estimate of drug-likeness (QED) is 0.520. The van der Waals surface area contributed by atoms with Crippen LogP contribution in [0.15, 0.2) is 67.0 Å². The minimum Gasteiger partial charge on any atom is -0.339 e. The zero-order chi connectivity index (χ0) is 24.6. The minimum absolute atomic E-state index is 0.194. The summed E-state index contributed by atoms with van der Waals surface area (Å²) in [6.07, 6.45) is 5.00. The fraction of sp³-hybridized carbons (Fsp3) is 0.414. The Morgan fingerprint density at radius 1 is 0.914 bits per heavy atom. The summed E-state index contributed by atoms with van der Waals surface area (Å²) < 4.78 is 0. The van der Waals surface area contributed by atoms with E-state index < -0.39 is 0 Å². The molecular weight excluding hydrogens is 434 g/mol. The molecule has 2 heterocycles. The van der Waals surface area contributed by atoms with E-state index in [2.05, 4.69) is 83.0 Å². The average Bonchev–Trinajstić information content (AvgIpc) is 2.88. The summed E-state index contributed by atoms with van der Waals surface area (Å²) in [4.78, 5) is 29.2. The van der Waals surface area contributed by atoms with Crippen molar-refractivity contribution in [1.29, 1.82) is 0 Å². The first-order chi connectivity index (χ1) is 17.0. The van der Waals surface area contributed by atoms with E-state index in [0.717, 1.165) is 50.8 Å². The van der Waals surface area contributed by atoms with Gasteiger partial charge in [0.1, 0.15) is 0 Å². The van der Waals surface area contributed by atoms with Crippen LogP contribution in [0.2, 0.25) is 0 Å². The Labute approximate surface area is 209 Å². The third-order valence-electron chi connectivity index (χ3n) is 6.55. The normalized spacial score (nSPS) is 15.5. The second-order valence-electron chi connectivity index (χ2n) is 9.80. The molecule has 0 radical (unpaired) electrons. The van der Waals surface area contributed by atoms with Gasteiger partial charge < -0.3 is 9.80 Å². The average molecular weight is 472 g/mol. The first kappa shape index (κ1) is 24.9. The van der Waals surface area contributed by atoms with Gasteiger partial charge in [0, 0.05) is 63.8 Å². The van der Waals surface area contributed by atoms with E-state index in [1.165, 1.54) is 16.7 Å². The maximum atomic E-state index is 13.4. The van der Waals surface area contributed by atoms with Crippen LogP contribution < -0.4 is 9.80 Å². The maximum Gasteiger partial charge on any atom is 0.227 e. The van der Waals surface area contributed by atoms with Gasteiger partial charge in [0.25, 0.3) is 0 Å². The molecule has 1 aliphatic rings. The number of carbonyl (C=O) groups is 1. The van der Waals surface area contributed by atoms with Gasteiger partial charge in [0.15, 0.2) is 0 Å². The molecule has 3 aromatic rings. The SMILES string of the molecule is Cc1ccccc1CN1CCN(c2ncccn2)CCCN(C(=O)CC(C)C)c2ccccc2C1. The molecule has 0 bridgehead atoms. The van der Waals surface area contributed by atoms with Crippen molar-refractivity contribution >= 4 is 17.5 Å². The van der Waals surface area contributed by atoms with E-state index in [1.807, 2.05) is 17.0 Å². The van der Waals surface area contributed by atoms with Crippen molar-refractivity contribution in [3.8, 4) is 0 Å². The molecule has 1 aliphatic heterocycles. The smallest absolute Gasteiger partial charge is 0.227 e. The summed E-state index contributed by atoms with van der Waals surface area (Å²) in [7, 11) is 0. The van der Waals surface area contributed by atoms with Crippen LogP contribution in [0.4, 0.5) is 11.6 Å². The number of fused-ring (bicyclic) bond motifs is 1. The zero-order valence-corrected chi connectivity index (χ0v) is 21.2. The van der Waals surface area contributed by atoms with Crippen LogP contribution in [0.1, 0.15) is 43.4 Å². The highest BCUT2D eigenvalue weighted by atomic mass is 16.2. The minimum atomic E-state index is 0.194. The number of aryl methyl sites for hydroxylation is 1. The highest BCUT2D eigenvalue weighted by Crippen LogP contribution is 2.26. The molecule has 4 rings (SSSR count). The molecule has 0 saturated heterocycles. The van der Waals surface area contributed by atoms with Crippen LogP contribution in [0, 0.1) is 12.8 Å². The van der Waals surface area contributed by atoms with Crippen LogP contribution in [0.3, 0.4) is 0 Å². The Balaban J connectivity index is 1.68. The Hall–Kier alpha value is -3.25. The Morgan fingerprint density at radius 3 is 2.43 bits per heavy atom. The van der Waals surface area contributed by atoms with E-state index in [-0.39, 0.29) is 5.91 Å². The van der Waals surface area contributed by atoms with Gasteiger partial charge in [0.05, 0.1) is 0 Å². The number of rotatable bonds is 5. The summed E-state index contributed by atoms with van der Waals surface area (Å²) in [5, 5.41) is 0. The number of aromatic nitrogens is 2. The van der Waals surface area contributed by atoms with E-state index >= 15 is 0 Å². The molecule has 6 heteroatoms. The van der Waals surface area contributed by atoms with Crippen molar-refractivity contribution in [3.05, 3.63) is 83.7 Å². The van der Waals surface area contributed by atoms with Gasteiger partial charge in [-0.25, -0.2) is 9.97 Å². The fourth-order valence-corrected chi connectivity index (χ4v) is 4.68. The molecule has 0 atom stereocenters. The van der Waals surface area contributed by atoms with Crippen LogP contribution in [0.5, 0.6) is 0 Å². The highest BCUT2D eigenvalue weighted by molar-refractivity contribution is 5.94. The summed E-state index contributed by atoms with van der Waals surface area (Å²) >= 11 is 0. The van der Waals surface area contributed by atoms with Gasteiger partial charge in [-0.1, -0.05) is 56.3 Å². The van der Waals surface area contributed by atoms with Gasteiger partial charge in [-0.05, 0) is 48.1 Å². The van der Waals surface area contributed by atoms with E-state index in [0.29, 0.717) is 18.9 Å². The van der Waals surface area contributed by atoms with Crippen molar-refractivity contribution in [2.75, 3.05) is 36.0 Å². The lowest BCUT2D eigenvalue weighted by atomic mass is 10.1. The molecule has 0 aliphatic carbocycles. The number of anilines is 2. The lowest BCUT2D eigenvalue weighted by Crippen LogP contribution is -2.37. The molecule has 184 valence electrons. The van der Waals surface area contributed by atoms with E-state index in [1.54, 1.807) is 12.4 Å². The summed E-state index contributed by atoms with van der Waals surface area (Å²) in [5.41, 5.74) is 4.86. The molecule has 0 fully saturated rings. The first-order valence-electron chi connectivity index (χ1n) is 12.7. The van der Waals surface area contributed by atoms with Crippen LogP contribution in [0.25, 0.3) is 0 Å². The summed E-state index contributed by atoms with van der Waals surface area (Å²) in [5.74, 6) is 1.26. The maximum absolute atomic E-state index is 13.4. The van der Waals surface area contributed by atoms with Gasteiger partial charge >= 0.3 is 0 Å². The predicted octanol–water partition coefficient (Wildman–Crippen LogP) is 5.08. The van der Waals surface area contributed by atoms with Crippen molar-refractivity contribution in [2.24, 2.45) is 5.92 Å². The fourth-order valence-electron chi connectivity index (χ4n) is 4.68. The van der Waals surface area contributed by atoms with Crippen molar-refractivity contribution in [1.82, 2.24) is 14.9 Å². The van der Waals surface area contributed by atoms with E-state index in [9.17, 15) is 4.79 Å². The van der Waals surface area contributed by atoms with E-state index in [4.69, 9.17) is 0 Å². The molecule has 0 unspecified atom stereocenters. The summed E-state index contributed by atoms with van der Waals surface area (Å²) in [6.45, 7) is 11.2. The molecule has 1 amide bonds. The monoisotopic (exact) mass is 471 g/mol. The molecule has 35 heavy (non-hydrogen) atoms. The number of nitrogens with zero attached hydrogens (tertiary/aromatic N) is 5.